The molecule has 0 aromatic rings. The Morgan fingerprint density at radius 1 is 0.278 bits per heavy atom. The third kappa shape index (κ3) is 34.6. The zero-order chi connectivity index (χ0) is 40.6. The first-order valence-electron chi connectivity index (χ1n) is 21.4. The Bertz CT molecular complexity index is 1370. The van der Waals surface area contributed by atoms with E-state index in [0.29, 0.717) is 6.42 Å². The van der Waals surface area contributed by atoms with Crippen LogP contribution < -0.4 is 0 Å². The first-order valence-corrected chi connectivity index (χ1v) is 21.4. The highest BCUT2D eigenvalue weighted by Crippen LogP contribution is 2.18. The van der Waals surface area contributed by atoms with Crippen molar-refractivity contribution in [2.45, 2.75) is 205 Å². The Kier molecular flexibility index (Phi) is 31.3. The van der Waals surface area contributed by atoms with Crippen LogP contribution in [0.3, 0.4) is 0 Å². The van der Waals surface area contributed by atoms with Crippen molar-refractivity contribution in [3.05, 3.63) is 116 Å². The molecule has 0 fully saturated rings. The lowest BCUT2D eigenvalue weighted by Crippen LogP contribution is -1.92. The first-order chi connectivity index (χ1) is 25.7. The van der Waals surface area contributed by atoms with E-state index in [4.69, 9.17) is 5.11 Å². The number of carboxylic acid groups (broad SMARTS) is 1. The predicted octanol–water partition coefficient (Wildman–Crippen LogP) is 17.4. The average molecular weight is 741 g/mol. The van der Waals surface area contributed by atoms with Gasteiger partial charge in [-0.05, 0) is 198 Å². The fourth-order valence-electron chi connectivity index (χ4n) is 6.32. The molecule has 2 nitrogen and oxygen atoms in total. The molecule has 0 saturated heterocycles. The summed E-state index contributed by atoms with van der Waals surface area (Å²) in [5, 5.41) is 8.77. The van der Waals surface area contributed by atoms with Crippen LogP contribution in [-0.4, -0.2) is 11.1 Å². The van der Waals surface area contributed by atoms with Gasteiger partial charge in [0.1, 0.15) is 0 Å². The van der Waals surface area contributed by atoms with E-state index in [1.54, 1.807) is 0 Å². The van der Waals surface area contributed by atoms with Gasteiger partial charge in [0.2, 0.25) is 0 Å². The monoisotopic (exact) mass is 741 g/mol. The van der Waals surface area contributed by atoms with Crippen molar-refractivity contribution in [1.82, 2.24) is 0 Å². The third-order valence-electron chi connectivity index (χ3n) is 10.2. The van der Waals surface area contributed by atoms with Crippen molar-refractivity contribution in [3.63, 3.8) is 0 Å². The molecule has 0 unspecified atom stereocenters. The van der Waals surface area contributed by atoms with E-state index in [0.717, 1.165) is 83.5 Å². The van der Waals surface area contributed by atoms with Gasteiger partial charge in [0.05, 0.1) is 0 Å². The molecule has 0 radical (unpaired) electrons. The summed E-state index contributed by atoms with van der Waals surface area (Å²) in [5.41, 5.74) is 14.8. The Labute approximate surface area is 335 Å². The summed E-state index contributed by atoms with van der Waals surface area (Å²) < 4.78 is 0. The molecule has 0 saturated carbocycles. The number of aliphatic carboxylic acids is 1. The maximum Gasteiger partial charge on any atom is 0.303 e. The van der Waals surface area contributed by atoms with Gasteiger partial charge < -0.3 is 5.11 Å². The molecule has 0 spiro atoms. The molecular weight excluding hydrogens is 657 g/mol. The van der Waals surface area contributed by atoms with Crippen LogP contribution >= 0.6 is 0 Å². The van der Waals surface area contributed by atoms with Crippen LogP contribution in [0.25, 0.3) is 0 Å². The largest absolute Gasteiger partial charge is 0.481 e. The van der Waals surface area contributed by atoms with Crippen molar-refractivity contribution in [3.8, 4) is 0 Å². The SMILES string of the molecule is CC(C)=CCCC(C)=CCCC(C)=CCCC(C)=CCCC(C)=CCCC(C)=CCCC(C)=CCCC(C)=CCCC(C)=CCCC(C)=CCCC(=O)O. The highest BCUT2D eigenvalue weighted by atomic mass is 16.4. The van der Waals surface area contributed by atoms with E-state index in [-0.39, 0.29) is 6.42 Å². The fourth-order valence-corrected chi connectivity index (χ4v) is 6.32. The third-order valence-corrected chi connectivity index (χ3v) is 10.2. The van der Waals surface area contributed by atoms with Gasteiger partial charge in [-0.1, -0.05) is 116 Å². The second-order valence-electron chi connectivity index (χ2n) is 16.5. The molecule has 0 heterocycles. The molecule has 0 aliphatic rings. The highest BCUT2D eigenvalue weighted by molar-refractivity contribution is 5.66. The summed E-state index contributed by atoms with van der Waals surface area (Å²) in [6.45, 7) is 24.7. The normalized spacial score (nSPS) is 14.6. The molecule has 0 aromatic carbocycles. The van der Waals surface area contributed by atoms with Crippen LogP contribution in [0.4, 0.5) is 0 Å². The highest BCUT2D eigenvalue weighted by Gasteiger charge is 1.98. The van der Waals surface area contributed by atoms with Crippen LogP contribution in [0.2, 0.25) is 0 Å². The van der Waals surface area contributed by atoms with Gasteiger partial charge >= 0.3 is 5.97 Å². The number of allylic oxidation sites excluding steroid dienone is 20. The summed E-state index contributed by atoms with van der Waals surface area (Å²) >= 11 is 0. The lowest BCUT2D eigenvalue weighted by molar-refractivity contribution is -0.136. The van der Waals surface area contributed by atoms with E-state index in [1.807, 2.05) is 0 Å². The summed E-state index contributed by atoms with van der Waals surface area (Å²) in [4.78, 5) is 10.7. The summed E-state index contributed by atoms with van der Waals surface area (Å²) in [5.74, 6) is -0.724. The van der Waals surface area contributed by atoms with Crippen molar-refractivity contribution >= 4 is 5.97 Å². The molecule has 54 heavy (non-hydrogen) atoms. The molecule has 304 valence electrons. The van der Waals surface area contributed by atoms with E-state index >= 15 is 0 Å². The fraction of sp³-hybridized carbons (Fsp3) is 0.596. The van der Waals surface area contributed by atoms with Gasteiger partial charge in [-0.15, -0.1) is 0 Å². The average Bonchev–Trinajstić information content (AvgIpc) is 3.08. The molecule has 2 heteroatoms. The van der Waals surface area contributed by atoms with Crippen LogP contribution in [0.1, 0.15) is 205 Å². The van der Waals surface area contributed by atoms with Crippen molar-refractivity contribution in [1.29, 1.82) is 0 Å². The molecule has 0 aliphatic carbocycles. The van der Waals surface area contributed by atoms with Gasteiger partial charge in [0, 0.05) is 6.42 Å². The minimum Gasteiger partial charge on any atom is -0.481 e. The minimum absolute atomic E-state index is 0.220. The van der Waals surface area contributed by atoms with Crippen molar-refractivity contribution in [2.24, 2.45) is 0 Å². The lowest BCUT2D eigenvalue weighted by atomic mass is 10.0. The lowest BCUT2D eigenvalue weighted by Gasteiger charge is -2.04. The Morgan fingerprint density at radius 2 is 0.426 bits per heavy atom. The van der Waals surface area contributed by atoms with E-state index in [9.17, 15) is 4.79 Å². The number of carboxylic acids is 1. The molecule has 0 atom stereocenters. The minimum atomic E-state index is -0.724. The van der Waals surface area contributed by atoms with E-state index in [1.165, 1.54) is 87.8 Å². The molecule has 0 bridgehead atoms. The van der Waals surface area contributed by atoms with Crippen molar-refractivity contribution in [2.75, 3.05) is 0 Å². The van der Waals surface area contributed by atoms with Gasteiger partial charge in [0.25, 0.3) is 0 Å². The van der Waals surface area contributed by atoms with Crippen LogP contribution in [-0.2, 0) is 4.79 Å². The molecular formula is C52H84O2. The second-order valence-corrected chi connectivity index (χ2v) is 16.5. The number of carbonyl (C=O) groups is 1. The second kappa shape index (κ2) is 33.2. The van der Waals surface area contributed by atoms with E-state index < -0.39 is 5.97 Å². The quantitative estimate of drug-likeness (QED) is 0.0745. The molecule has 0 aromatic heterocycles. The molecule has 0 rings (SSSR count). The zero-order valence-corrected chi connectivity index (χ0v) is 37.3. The number of hydrogen-bond donors (Lipinski definition) is 1. The molecule has 0 amide bonds. The smallest absolute Gasteiger partial charge is 0.303 e. The van der Waals surface area contributed by atoms with Crippen LogP contribution in [0, 0.1) is 0 Å². The predicted molar refractivity (Wildman–Crippen MR) is 243 cm³/mol. The van der Waals surface area contributed by atoms with Gasteiger partial charge in [-0.2, -0.15) is 0 Å². The van der Waals surface area contributed by atoms with Crippen molar-refractivity contribution < 1.29 is 9.90 Å². The Hall–Kier alpha value is -3.13. The van der Waals surface area contributed by atoms with Crippen LogP contribution in [0.15, 0.2) is 116 Å². The zero-order valence-electron chi connectivity index (χ0n) is 37.3. The Balaban J connectivity index is 4.25. The van der Waals surface area contributed by atoms with Crippen LogP contribution in [0.5, 0.6) is 0 Å². The summed E-state index contributed by atoms with van der Waals surface area (Å²) in [6, 6.07) is 0. The van der Waals surface area contributed by atoms with Gasteiger partial charge in [-0.3, -0.25) is 4.79 Å². The Morgan fingerprint density at radius 3 is 0.574 bits per heavy atom. The maximum absolute atomic E-state index is 10.7. The van der Waals surface area contributed by atoms with Gasteiger partial charge in [-0.25, -0.2) is 0 Å². The summed E-state index contributed by atoms with van der Waals surface area (Å²) in [7, 11) is 0. The topological polar surface area (TPSA) is 37.3 Å². The van der Waals surface area contributed by atoms with Gasteiger partial charge in [0.15, 0.2) is 0 Å². The maximum atomic E-state index is 10.7. The molecule has 1 N–H and O–H groups in total. The number of rotatable bonds is 30. The molecule has 0 aliphatic heterocycles. The number of hydrogen-bond acceptors (Lipinski definition) is 1. The summed E-state index contributed by atoms with van der Waals surface area (Å²) in [6.07, 6.45) is 45.2. The first kappa shape index (κ1) is 50.9. The standard InChI is InChI=1S/C52H84O2/c1-42(2)22-12-23-43(3)24-13-25-44(4)26-14-27-45(5)28-15-29-46(6)30-16-31-47(7)32-17-33-48(8)34-18-35-49(9)36-19-37-50(10)38-20-39-51(11)40-21-41-52(53)54/h22,24,26,28,30,32,34,36,38,40H,12-21,23,25,27,29,31,33,35,37,39,41H2,1-11H3,(H,53,54). The van der Waals surface area contributed by atoms with E-state index in [2.05, 4.69) is 137 Å².